The number of ether oxygens (including phenoxy) is 5. The van der Waals surface area contributed by atoms with E-state index in [1.807, 2.05) is 0 Å². The van der Waals surface area contributed by atoms with Gasteiger partial charge in [0.2, 0.25) is 17.7 Å². The average Bonchev–Trinajstić information content (AvgIpc) is 4.28. The van der Waals surface area contributed by atoms with Crippen LogP contribution in [0.3, 0.4) is 0 Å². The van der Waals surface area contributed by atoms with Crippen molar-refractivity contribution in [2.24, 2.45) is 13.0 Å². The minimum atomic E-state index is -6.18. The van der Waals surface area contributed by atoms with Crippen LogP contribution in [0.5, 0.6) is 0 Å². The summed E-state index contributed by atoms with van der Waals surface area (Å²) in [6.07, 6.45) is -12.6. The Balaban J connectivity index is 0.881. The van der Waals surface area contributed by atoms with Gasteiger partial charge in [-0.15, -0.1) is 0 Å². The molecule has 3 aliphatic rings. The van der Waals surface area contributed by atoms with Crippen LogP contribution >= 0.6 is 31.3 Å². The number of hydrogen-bond acceptors (Lipinski definition) is 29. The predicted octanol–water partition coefficient (Wildman–Crippen LogP) is -3.03. The van der Waals surface area contributed by atoms with Gasteiger partial charge in [-0.1, -0.05) is 4.98 Å². The molecule has 3 fully saturated rings. The highest BCUT2D eigenvalue weighted by atomic mass is 31.3. The number of imidazole rings is 3. The second-order valence-corrected chi connectivity index (χ2v) is 23.7. The number of anilines is 3. The normalized spacial score (nSPS) is 29.5. The average molecular weight is 1200 g/mol. The number of aliphatic hydroxyl groups excluding tert-OH is 3. The van der Waals surface area contributed by atoms with Gasteiger partial charge >= 0.3 is 36.9 Å². The number of rotatable bonds is 23. The van der Waals surface area contributed by atoms with Crippen LogP contribution in [0.4, 0.5) is 17.7 Å². The summed E-state index contributed by atoms with van der Waals surface area (Å²) in [7, 11) is -20.5. The number of aliphatic hydroxyl groups is 3. The maximum Gasteiger partial charge on any atom is 0.490 e. The summed E-state index contributed by atoms with van der Waals surface area (Å²) in [5.74, 6) is -1.58. The fourth-order valence-electron chi connectivity index (χ4n) is 9.11. The van der Waals surface area contributed by atoms with Crippen molar-refractivity contribution in [2.45, 2.75) is 80.9 Å². The van der Waals surface area contributed by atoms with E-state index >= 15 is 0 Å². The minimum absolute atomic E-state index is 0.00609. The summed E-state index contributed by atoms with van der Waals surface area (Å²) in [6.45, 7) is -1.78. The molecule has 39 nitrogen and oxygen atoms in total. The lowest BCUT2D eigenvalue weighted by Crippen LogP contribution is -2.45. The molecule has 15 N–H and O–H groups in total. The number of nitrogens with two attached hydrogens (primary N) is 3. The van der Waals surface area contributed by atoms with Crippen molar-refractivity contribution < 1.29 is 108 Å². The van der Waals surface area contributed by atoms with Crippen LogP contribution in [0.1, 0.15) is 32.0 Å². The molecule has 0 saturated carbocycles. The lowest BCUT2D eigenvalue weighted by Gasteiger charge is -2.27. The van der Waals surface area contributed by atoms with E-state index in [4.69, 9.17) is 59.0 Å². The van der Waals surface area contributed by atoms with Crippen molar-refractivity contribution in [2.75, 3.05) is 57.3 Å². The molecule has 0 aromatic carbocycles. The van der Waals surface area contributed by atoms with E-state index < -0.39 is 136 Å². The second kappa shape index (κ2) is 22.7. The van der Waals surface area contributed by atoms with E-state index in [0.717, 1.165) is 17.2 Å². The summed E-state index contributed by atoms with van der Waals surface area (Å²) in [5, 5.41) is 33.2. The SMILES string of the molecule is CCO[C@@H]1[C@H](OP(=O)(O)OC[C@H]2O[C@@H](n3cnc4c(=O)[nH]c(N)nc43)[C@H](O)[C@@H]2O)[C@@H](COP(=O)(O)OP(=O)(O)OP(=O)(O)OC[C@H]2O[C@@H]([n+]3cn(C)c4c(=O)[nH]c(N)nc43)[C@H](O)[C@@H]2CCOC)O[C@H]1n1cnc2c(N)ncnc21. The van der Waals surface area contributed by atoms with Gasteiger partial charge in [-0.05, 0) is 13.3 Å². The number of hydrogen-bond donors (Lipinski definition) is 12. The first kappa shape index (κ1) is 58.5. The molecule has 9 rings (SSSR count). The molecule has 0 amide bonds. The van der Waals surface area contributed by atoms with Crippen molar-refractivity contribution in [3.05, 3.63) is 46.0 Å². The van der Waals surface area contributed by atoms with E-state index in [0.29, 0.717) is 0 Å². The van der Waals surface area contributed by atoms with Crippen LogP contribution in [0.15, 0.2) is 34.9 Å². The van der Waals surface area contributed by atoms with E-state index in [1.165, 1.54) is 47.4 Å². The number of fused-ring (bicyclic) bond motifs is 3. The van der Waals surface area contributed by atoms with Crippen molar-refractivity contribution in [1.82, 2.24) is 53.6 Å². The molecule has 16 atom stereocenters. The van der Waals surface area contributed by atoms with Crippen molar-refractivity contribution in [3.8, 4) is 0 Å². The van der Waals surface area contributed by atoms with Crippen LogP contribution < -0.4 is 32.9 Å². The van der Waals surface area contributed by atoms with Gasteiger partial charge in [0.15, 0.2) is 41.4 Å². The van der Waals surface area contributed by atoms with E-state index in [2.05, 4.69) is 48.5 Å². The summed E-state index contributed by atoms with van der Waals surface area (Å²) < 4.78 is 117. The number of methoxy groups -OCH3 is 1. The zero-order chi connectivity index (χ0) is 57.1. The number of nitrogen functional groups attached to an aromatic ring is 3. The number of aromatic amines is 2. The van der Waals surface area contributed by atoms with Gasteiger partial charge < -0.3 is 75.8 Å². The molecule has 0 radical (unpaired) electrons. The predicted molar refractivity (Wildman–Crippen MR) is 258 cm³/mol. The third kappa shape index (κ3) is 12.2. The second-order valence-electron chi connectivity index (χ2n) is 17.6. The first-order valence-electron chi connectivity index (χ1n) is 23.1. The number of nitrogens with one attached hydrogen (secondary N) is 2. The Hall–Kier alpha value is -5.15. The highest BCUT2D eigenvalue weighted by Crippen LogP contribution is 2.68. The van der Waals surface area contributed by atoms with Crippen LogP contribution in [0.2, 0.25) is 0 Å². The van der Waals surface area contributed by atoms with Gasteiger partial charge in [0.05, 0.1) is 45.6 Å². The van der Waals surface area contributed by atoms with E-state index in [-0.39, 0.29) is 70.8 Å². The maximum atomic E-state index is 13.8. The molecule has 3 saturated heterocycles. The molecule has 6 aromatic heterocycles. The summed E-state index contributed by atoms with van der Waals surface area (Å²) in [5.41, 5.74) is 15.8. The van der Waals surface area contributed by atoms with Gasteiger partial charge in [0.25, 0.3) is 17.1 Å². The van der Waals surface area contributed by atoms with Crippen LogP contribution in [-0.2, 0) is 75.7 Å². The Morgan fingerprint density at radius 3 is 2.00 bits per heavy atom. The molecule has 9 heterocycles. The molecule has 43 heteroatoms. The van der Waals surface area contributed by atoms with Gasteiger partial charge in [-0.2, -0.15) is 13.6 Å². The Morgan fingerprint density at radius 1 is 0.709 bits per heavy atom. The Kier molecular flexibility index (Phi) is 16.8. The largest absolute Gasteiger partial charge is 0.490 e. The molecule has 434 valence electrons. The van der Waals surface area contributed by atoms with Crippen LogP contribution in [-0.4, -0.2) is 177 Å². The molecule has 79 heavy (non-hydrogen) atoms. The molecule has 0 aliphatic carbocycles. The monoisotopic (exact) mass is 1200 g/mol. The third-order valence-electron chi connectivity index (χ3n) is 12.5. The standard InChI is InChI=1S/C36H51N15O24P4/c1-4-66-25-24(73-76(57,58)67-8-16-22(53)23(54)33(71-16)50-12-43-19-28(50)44-35(38)46-30(19)55)17(72-34(25)49-11-42-18-26(37)40-10-41-27(18)49)9-69-78(61,62)75-79(63,64)74-77(59,60)68-7-15-14(5-6-65-3)21(52)32(70-15)51-13-48(2)20-29(51)45-36(39)47-31(20)56/h10-17,21-25,32-34,52-54H,4-9H2,1-3H3,(H11-,37,38,39,40,41,44,45,46,47,55,56,57,58,59,60,61,62,63,64)/p+1/t14-,15-,16-,17-,21-,22-,23-,24-,25-,32-,33-,34-/m1/s1. The third-order valence-corrected chi connectivity index (χ3v) is 17.7. The van der Waals surface area contributed by atoms with Crippen molar-refractivity contribution in [3.63, 3.8) is 0 Å². The number of nitrogens with zero attached hydrogens (tertiary/aromatic N) is 10. The first-order chi connectivity index (χ1) is 37.2. The van der Waals surface area contributed by atoms with Gasteiger partial charge in [-0.25, -0.2) is 42.8 Å². The number of aryl methyl sites for hydroxylation is 1. The molecule has 0 bridgehead atoms. The molecule has 3 aliphatic heterocycles. The van der Waals surface area contributed by atoms with E-state index in [1.54, 1.807) is 0 Å². The van der Waals surface area contributed by atoms with Gasteiger partial charge in [-0.3, -0.25) is 51.4 Å². The quantitative estimate of drug-likeness (QED) is 0.0224. The van der Waals surface area contributed by atoms with Crippen LogP contribution in [0.25, 0.3) is 33.5 Å². The Morgan fingerprint density at radius 2 is 1.32 bits per heavy atom. The maximum absolute atomic E-state index is 13.8. The number of phosphoric ester groups is 3. The summed E-state index contributed by atoms with van der Waals surface area (Å²) in [6, 6.07) is 0. The van der Waals surface area contributed by atoms with Gasteiger partial charge in [0, 0.05) is 26.2 Å². The molecular weight excluding hydrogens is 1150 g/mol. The van der Waals surface area contributed by atoms with E-state index in [9.17, 15) is 62.7 Å². The number of H-pyrrole nitrogens is 2. The van der Waals surface area contributed by atoms with Gasteiger partial charge in [0.1, 0.15) is 54.6 Å². The van der Waals surface area contributed by atoms with Crippen molar-refractivity contribution >= 4 is 82.5 Å². The summed E-state index contributed by atoms with van der Waals surface area (Å²) >= 11 is 0. The zero-order valence-corrected chi connectivity index (χ0v) is 44.6. The smallest absolute Gasteiger partial charge is 0.387 e. The highest BCUT2D eigenvalue weighted by molar-refractivity contribution is 7.66. The first-order valence-corrected chi connectivity index (χ1v) is 29.1. The summed E-state index contributed by atoms with van der Waals surface area (Å²) in [4.78, 5) is 96.9. The topological polar surface area (TPSA) is 551 Å². The van der Waals surface area contributed by atoms with Crippen LogP contribution in [0, 0.1) is 5.92 Å². The molecule has 4 unspecified atom stereocenters. The minimum Gasteiger partial charge on any atom is -0.387 e. The number of phosphoric acid groups is 4. The Bertz CT molecular complexity index is 3550. The fourth-order valence-corrected chi connectivity index (χ4v) is 13.6. The molecular formula is C36H52N15O24P4+. The fraction of sp³-hybridized carbons (Fsp3) is 0.583. The lowest BCUT2D eigenvalue weighted by atomic mass is 9.95. The Labute approximate surface area is 440 Å². The zero-order valence-electron chi connectivity index (χ0n) is 41.0. The lowest BCUT2D eigenvalue weighted by molar-refractivity contribution is -0.745. The molecule has 6 aromatic rings. The molecule has 0 spiro atoms. The number of aromatic nitrogens is 12. The highest BCUT2D eigenvalue weighted by Gasteiger charge is 2.54. The van der Waals surface area contributed by atoms with Crippen molar-refractivity contribution in [1.29, 1.82) is 0 Å².